The summed E-state index contributed by atoms with van der Waals surface area (Å²) >= 11 is 2.88. The third kappa shape index (κ3) is 1.98. The first-order valence-electron chi connectivity index (χ1n) is 3.47. The van der Waals surface area contributed by atoms with Gasteiger partial charge in [-0.25, -0.2) is 13.8 Å². The molecule has 1 aromatic heterocycles. The predicted molar refractivity (Wildman–Crippen MR) is 49.8 cm³/mol. The van der Waals surface area contributed by atoms with Gasteiger partial charge in [0.2, 0.25) is 0 Å². The molecule has 0 saturated heterocycles. The standard InChI is InChI=1S/C7H6BrF2N3O/c8-3-1-2(7(12)14)4(11)5(13-3)6(9)10/h1,6H,11H2,(H2,12,14). The van der Waals surface area contributed by atoms with Crippen LogP contribution in [-0.4, -0.2) is 10.9 Å². The van der Waals surface area contributed by atoms with E-state index < -0.39 is 18.0 Å². The SMILES string of the molecule is NC(=O)c1cc(Br)nc(C(F)F)c1N. The number of nitrogens with two attached hydrogens (primary N) is 2. The summed E-state index contributed by atoms with van der Waals surface area (Å²) in [6.45, 7) is 0. The number of primary amides is 1. The Balaban J connectivity index is 3.40. The molecule has 76 valence electrons. The molecule has 14 heavy (non-hydrogen) atoms. The van der Waals surface area contributed by atoms with Crippen molar-refractivity contribution in [3.8, 4) is 0 Å². The van der Waals surface area contributed by atoms with Crippen molar-refractivity contribution in [2.75, 3.05) is 5.73 Å². The summed E-state index contributed by atoms with van der Waals surface area (Å²) in [5, 5.41) is 0. The van der Waals surface area contributed by atoms with Gasteiger partial charge in [0.15, 0.2) is 0 Å². The second-order valence-electron chi connectivity index (χ2n) is 2.46. The number of pyridine rings is 1. The van der Waals surface area contributed by atoms with E-state index in [0.29, 0.717) is 0 Å². The Hall–Kier alpha value is -1.24. The Bertz CT molecular complexity index is 383. The molecule has 0 radical (unpaired) electrons. The predicted octanol–water partition coefficient (Wildman–Crippen LogP) is 1.46. The number of nitrogen functional groups attached to an aromatic ring is 1. The van der Waals surface area contributed by atoms with Gasteiger partial charge >= 0.3 is 0 Å². The fourth-order valence-corrected chi connectivity index (χ4v) is 1.33. The van der Waals surface area contributed by atoms with Gasteiger partial charge in [-0.3, -0.25) is 4.79 Å². The van der Waals surface area contributed by atoms with Gasteiger partial charge in [-0.05, 0) is 22.0 Å². The summed E-state index contributed by atoms with van der Waals surface area (Å²) in [7, 11) is 0. The lowest BCUT2D eigenvalue weighted by atomic mass is 10.1. The summed E-state index contributed by atoms with van der Waals surface area (Å²) in [5.74, 6) is -0.868. The first-order chi connectivity index (χ1) is 6.43. The van der Waals surface area contributed by atoms with Crippen LogP contribution in [0.4, 0.5) is 14.5 Å². The van der Waals surface area contributed by atoms with E-state index in [4.69, 9.17) is 11.5 Å². The molecule has 0 unspecified atom stereocenters. The van der Waals surface area contributed by atoms with Crippen molar-refractivity contribution in [1.29, 1.82) is 0 Å². The number of rotatable bonds is 2. The first kappa shape index (κ1) is 10.8. The Morgan fingerprint density at radius 1 is 1.57 bits per heavy atom. The number of nitrogens with zero attached hydrogens (tertiary/aromatic N) is 1. The molecule has 0 aliphatic rings. The molecule has 0 saturated carbocycles. The van der Waals surface area contributed by atoms with Crippen LogP contribution >= 0.6 is 15.9 Å². The molecule has 1 heterocycles. The second-order valence-corrected chi connectivity index (χ2v) is 3.27. The average molecular weight is 266 g/mol. The number of hydrogen-bond acceptors (Lipinski definition) is 3. The monoisotopic (exact) mass is 265 g/mol. The van der Waals surface area contributed by atoms with Crippen LogP contribution in [0.15, 0.2) is 10.7 Å². The lowest BCUT2D eigenvalue weighted by molar-refractivity contribution is 0.100. The van der Waals surface area contributed by atoms with Crippen LogP contribution in [0.5, 0.6) is 0 Å². The fourth-order valence-electron chi connectivity index (χ4n) is 0.913. The number of halogens is 3. The zero-order valence-corrected chi connectivity index (χ0v) is 8.38. The van der Waals surface area contributed by atoms with E-state index in [1.54, 1.807) is 0 Å². The topological polar surface area (TPSA) is 82.0 Å². The van der Waals surface area contributed by atoms with Crippen molar-refractivity contribution in [1.82, 2.24) is 4.98 Å². The van der Waals surface area contributed by atoms with Crippen LogP contribution in [0.1, 0.15) is 22.5 Å². The normalized spacial score (nSPS) is 10.6. The molecular weight excluding hydrogens is 260 g/mol. The fraction of sp³-hybridized carbons (Fsp3) is 0.143. The molecule has 0 bridgehead atoms. The summed E-state index contributed by atoms with van der Waals surface area (Å²) in [6.07, 6.45) is -2.84. The van der Waals surface area contributed by atoms with E-state index in [1.165, 1.54) is 6.07 Å². The third-order valence-corrected chi connectivity index (χ3v) is 1.94. The molecule has 4 N–H and O–H groups in total. The van der Waals surface area contributed by atoms with Crippen LogP contribution in [-0.2, 0) is 0 Å². The van der Waals surface area contributed by atoms with Crippen molar-refractivity contribution in [3.05, 3.63) is 21.9 Å². The van der Waals surface area contributed by atoms with Crippen LogP contribution in [0, 0.1) is 0 Å². The second kappa shape index (κ2) is 3.87. The van der Waals surface area contributed by atoms with E-state index in [0.717, 1.165) is 0 Å². The minimum atomic E-state index is -2.84. The third-order valence-electron chi connectivity index (χ3n) is 1.53. The number of anilines is 1. The number of carbonyl (C=O) groups excluding carboxylic acids is 1. The highest BCUT2D eigenvalue weighted by Gasteiger charge is 2.19. The van der Waals surface area contributed by atoms with Gasteiger partial charge in [-0.1, -0.05) is 0 Å². The highest BCUT2D eigenvalue weighted by Crippen LogP contribution is 2.27. The molecule has 0 aliphatic heterocycles. The maximum Gasteiger partial charge on any atom is 0.282 e. The first-order valence-corrected chi connectivity index (χ1v) is 4.26. The van der Waals surface area contributed by atoms with E-state index >= 15 is 0 Å². The number of alkyl halides is 2. The van der Waals surface area contributed by atoms with E-state index in [-0.39, 0.29) is 15.9 Å². The molecule has 1 amide bonds. The van der Waals surface area contributed by atoms with E-state index in [1.807, 2.05) is 0 Å². The molecular formula is C7H6BrF2N3O. The molecule has 0 atom stereocenters. The highest BCUT2D eigenvalue weighted by atomic mass is 79.9. The van der Waals surface area contributed by atoms with Crippen molar-refractivity contribution in [3.63, 3.8) is 0 Å². The number of aromatic nitrogens is 1. The summed E-state index contributed by atoms with van der Waals surface area (Å²) in [6, 6.07) is 1.20. The Kier molecular flexibility index (Phi) is 3.00. The minimum Gasteiger partial charge on any atom is -0.396 e. The molecule has 1 rings (SSSR count). The van der Waals surface area contributed by atoms with Crippen LogP contribution in [0.25, 0.3) is 0 Å². The summed E-state index contributed by atoms with van der Waals surface area (Å²) < 4.78 is 24.8. The smallest absolute Gasteiger partial charge is 0.282 e. The zero-order chi connectivity index (χ0) is 10.9. The van der Waals surface area contributed by atoms with Gasteiger partial charge < -0.3 is 11.5 Å². The van der Waals surface area contributed by atoms with Crippen LogP contribution in [0.3, 0.4) is 0 Å². The quantitative estimate of drug-likeness (QED) is 0.795. The van der Waals surface area contributed by atoms with Crippen molar-refractivity contribution >= 4 is 27.5 Å². The van der Waals surface area contributed by atoms with Gasteiger partial charge in [0.05, 0.1) is 11.3 Å². The Morgan fingerprint density at radius 3 is 2.57 bits per heavy atom. The molecule has 0 aliphatic carbocycles. The number of amides is 1. The van der Waals surface area contributed by atoms with Crippen molar-refractivity contribution in [2.45, 2.75) is 6.43 Å². The Labute approximate surface area is 86.4 Å². The maximum atomic E-state index is 12.3. The van der Waals surface area contributed by atoms with E-state index in [9.17, 15) is 13.6 Å². The van der Waals surface area contributed by atoms with Crippen molar-refractivity contribution in [2.24, 2.45) is 5.73 Å². The number of hydrogen-bond donors (Lipinski definition) is 2. The maximum absolute atomic E-state index is 12.3. The summed E-state index contributed by atoms with van der Waals surface area (Å²) in [5.41, 5.74) is 9.04. The average Bonchev–Trinajstić information content (AvgIpc) is 2.07. The molecule has 7 heteroatoms. The van der Waals surface area contributed by atoms with Crippen molar-refractivity contribution < 1.29 is 13.6 Å². The van der Waals surface area contributed by atoms with Crippen LogP contribution < -0.4 is 11.5 Å². The van der Waals surface area contributed by atoms with Gasteiger partial charge in [-0.15, -0.1) is 0 Å². The zero-order valence-electron chi connectivity index (χ0n) is 6.80. The minimum absolute atomic E-state index is 0.0933. The van der Waals surface area contributed by atoms with E-state index in [2.05, 4.69) is 20.9 Å². The molecule has 0 spiro atoms. The Morgan fingerprint density at radius 2 is 2.14 bits per heavy atom. The lowest BCUT2D eigenvalue weighted by Gasteiger charge is -2.07. The highest BCUT2D eigenvalue weighted by molar-refractivity contribution is 9.10. The van der Waals surface area contributed by atoms with Gasteiger partial charge in [0.25, 0.3) is 12.3 Å². The molecule has 1 aromatic rings. The van der Waals surface area contributed by atoms with Gasteiger partial charge in [0.1, 0.15) is 10.3 Å². The molecule has 0 aromatic carbocycles. The summed E-state index contributed by atoms with van der Waals surface area (Å²) in [4.78, 5) is 14.2. The van der Waals surface area contributed by atoms with Gasteiger partial charge in [0, 0.05) is 0 Å². The molecule has 4 nitrogen and oxygen atoms in total. The molecule has 0 fully saturated rings. The largest absolute Gasteiger partial charge is 0.396 e. The lowest BCUT2D eigenvalue weighted by Crippen LogP contribution is -2.15. The van der Waals surface area contributed by atoms with Gasteiger partial charge in [-0.2, -0.15) is 0 Å². The van der Waals surface area contributed by atoms with Crippen LogP contribution in [0.2, 0.25) is 0 Å². The number of carbonyl (C=O) groups is 1.